The van der Waals surface area contributed by atoms with Crippen LogP contribution in [-0.4, -0.2) is 48.7 Å². The molecule has 2 aromatic carbocycles. The van der Waals surface area contributed by atoms with Gasteiger partial charge < -0.3 is 14.4 Å². The van der Waals surface area contributed by atoms with Gasteiger partial charge in [-0.05, 0) is 47.9 Å². The lowest BCUT2D eigenvalue weighted by Crippen LogP contribution is -2.49. The van der Waals surface area contributed by atoms with Crippen molar-refractivity contribution in [1.29, 1.82) is 0 Å². The molecule has 3 heterocycles. The summed E-state index contributed by atoms with van der Waals surface area (Å²) in [6.07, 6.45) is 3.88. The fraction of sp³-hybridized carbons (Fsp3) is 0.500. The number of ketones is 1. The number of rotatable bonds is 5. The number of hydrogen-bond acceptors (Lipinski definition) is 4. The van der Waals surface area contributed by atoms with Gasteiger partial charge in [0.25, 0.3) is 0 Å². The molecule has 4 aliphatic rings. The van der Waals surface area contributed by atoms with Gasteiger partial charge in [0, 0.05) is 35.8 Å². The lowest BCUT2D eigenvalue weighted by Gasteiger charge is -2.41. The molecule has 2 atom stereocenters. The molecule has 2 aromatic rings. The summed E-state index contributed by atoms with van der Waals surface area (Å²) in [7, 11) is 0. The van der Waals surface area contributed by atoms with E-state index >= 15 is 0 Å². The first-order valence-electron chi connectivity index (χ1n) is 12.3. The highest BCUT2D eigenvalue weighted by atomic mass is 16.6. The van der Waals surface area contributed by atoms with Crippen LogP contribution in [0.3, 0.4) is 0 Å². The van der Waals surface area contributed by atoms with Crippen molar-refractivity contribution in [2.45, 2.75) is 57.0 Å². The van der Waals surface area contributed by atoms with Gasteiger partial charge in [-0.25, -0.2) is 4.79 Å². The van der Waals surface area contributed by atoms with Crippen molar-refractivity contribution in [3.63, 3.8) is 0 Å². The van der Waals surface area contributed by atoms with Gasteiger partial charge in [-0.15, -0.1) is 0 Å². The zero-order chi connectivity index (χ0) is 22.6. The molecule has 5 nitrogen and oxygen atoms in total. The number of carbonyl (C=O) groups is 2. The second-order valence-electron chi connectivity index (χ2n) is 10.7. The molecule has 6 rings (SSSR count). The summed E-state index contributed by atoms with van der Waals surface area (Å²) in [4.78, 5) is 28.1. The van der Waals surface area contributed by atoms with Crippen LogP contribution in [0.1, 0.15) is 56.1 Å². The molecule has 2 bridgehead atoms. The summed E-state index contributed by atoms with van der Waals surface area (Å²) >= 11 is 0. The topological polar surface area (TPSA) is 55.8 Å². The molecule has 0 N–H and O–H groups in total. The molecule has 1 amide bonds. The fourth-order valence-corrected chi connectivity index (χ4v) is 6.52. The summed E-state index contributed by atoms with van der Waals surface area (Å²) < 4.78 is 11.3. The summed E-state index contributed by atoms with van der Waals surface area (Å²) in [5.41, 5.74) is 4.94. The predicted octanol–water partition coefficient (Wildman–Crippen LogP) is 5.17. The number of benzene rings is 2. The SMILES string of the molecule is CC1(CC(=O)C2CC3CCC(C2)N3C(=O)OCC2c3ccccc3-c3ccccc32)COC1. The van der Waals surface area contributed by atoms with Crippen LogP contribution in [0.4, 0.5) is 4.79 Å². The third-order valence-electron chi connectivity index (χ3n) is 8.24. The molecular formula is C28H31NO4. The summed E-state index contributed by atoms with van der Waals surface area (Å²) in [6.45, 7) is 3.85. The van der Waals surface area contributed by atoms with E-state index in [0.29, 0.717) is 32.0 Å². The first-order chi connectivity index (χ1) is 16.0. The van der Waals surface area contributed by atoms with E-state index in [4.69, 9.17) is 9.47 Å². The second kappa shape index (κ2) is 7.98. The normalized spacial score (nSPS) is 26.9. The standard InChI is InChI=1S/C28H31NO4/c1-28(16-32-17-28)14-26(30)18-12-19-10-11-20(13-18)29(19)27(31)33-15-25-23-8-4-2-6-21(23)22-7-3-5-9-24(22)25/h2-9,18-20,25H,10-17H2,1H3. The van der Waals surface area contributed by atoms with Gasteiger partial charge in [-0.1, -0.05) is 55.5 Å². The van der Waals surface area contributed by atoms with Gasteiger partial charge in [0.15, 0.2) is 0 Å². The number of Topliss-reactive ketones (excluding diaryl/α,β-unsaturated/α-hetero) is 1. The lowest BCUT2D eigenvalue weighted by molar-refractivity contribution is -0.142. The van der Waals surface area contributed by atoms with E-state index in [2.05, 4.69) is 55.5 Å². The molecule has 33 heavy (non-hydrogen) atoms. The van der Waals surface area contributed by atoms with Gasteiger partial charge in [-0.2, -0.15) is 0 Å². The van der Waals surface area contributed by atoms with E-state index in [0.717, 1.165) is 25.7 Å². The quantitative estimate of drug-likeness (QED) is 0.637. The van der Waals surface area contributed by atoms with Crippen molar-refractivity contribution in [2.24, 2.45) is 11.3 Å². The molecular weight excluding hydrogens is 414 g/mol. The average Bonchev–Trinajstić information content (AvgIpc) is 3.27. The summed E-state index contributed by atoms with van der Waals surface area (Å²) in [5, 5.41) is 0. The third-order valence-corrected chi connectivity index (χ3v) is 8.24. The number of fused-ring (bicyclic) bond motifs is 5. The maximum atomic E-state index is 13.2. The highest BCUT2D eigenvalue weighted by molar-refractivity contribution is 5.83. The Bertz CT molecular complexity index is 1030. The molecule has 1 aliphatic carbocycles. The van der Waals surface area contributed by atoms with Crippen molar-refractivity contribution in [3.05, 3.63) is 59.7 Å². The Hall–Kier alpha value is -2.66. The molecule has 0 aromatic heterocycles. The van der Waals surface area contributed by atoms with E-state index in [1.807, 2.05) is 4.90 Å². The van der Waals surface area contributed by atoms with E-state index in [9.17, 15) is 9.59 Å². The van der Waals surface area contributed by atoms with Crippen molar-refractivity contribution < 1.29 is 19.1 Å². The van der Waals surface area contributed by atoms with Crippen molar-refractivity contribution in [3.8, 4) is 11.1 Å². The molecule has 3 fully saturated rings. The summed E-state index contributed by atoms with van der Waals surface area (Å²) in [6, 6.07) is 17.1. The molecule has 3 saturated heterocycles. The van der Waals surface area contributed by atoms with E-state index < -0.39 is 0 Å². The Morgan fingerprint density at radius 1 is 0.970 bits per heavy atom. The van der Waals surface area contributed by atoms with Crippen LogP contribution in [0.15, 0.2) is 48.5 Å². The van der Waals surface area contributed by atoms with Gasteiger partial charge in [0.2, 0.25) is 0 Å². The van der Waals surface area contributed by atoms with E-state index in [1.165, 1.54) is 22.3 Å². The maximum absolute atomic E-state index is 13.2. The third kappa shape index (κ3) is 3.57. The van der Waals surface area contributed by atoms with E-state index in [1.54, 1.807) is 0 Å². The molecule has 3 aliphatic heterocycles. The molecule has 172 valence electrons. The number of amides is 1. The number of ether oxygens (including phenoxy) is 2. The maximum Gasteiger partial charge on any atom is 0.410 e. The Labute approximate surface area is 195 Å². The number of piperidine rings is 1. The minimum absolute atomic E-state index is 0.0139. The van der Waals surface area contributed by atoms with Gasteiger partial charge >= 0.3 is 6.09 Å². The minimum atomic E-state index is -0.213. The molecule has 0 spiro atoms. The Kier molecular flexibility index (Phi) is 5.06. The van der Waals surface area contributed by atoms with Crippen LogP contribution >= 0.6 is 0 Å². The number of nitrogens with zero attached hydrogens (tertiary/aromatic N) is 1. The van der Waals surface area contributed by atoms with Crippen LogP contribution in [0.2, 0.25) is 0 Å². The van der Waals surface area contributed by atoms with Crippen molar-refractivity contribution >= 4 is 11.9 Å². The summed E-state index contributed by atoms with van der Waals surface area (Å²) in [5.74, 6) is 0.492. The lowest BCUT2D eigenvalue weighted by atomic mass is 9.77. The minimum Gasteiger partial charge on any atom is -0.448 e. The Morgan fingerprint density at radius 2 is 1.55 bits per heavy atom. The molecule has 2 unspecified atom stereocenters. The van der Waals surface area contributed by atoms with Gasteiger partial charge in [-0.3, -0.25) is 4.79 Å². The number of carbonyl (C=O) groups excluding carboxylic acids is 2. The van der Waals surface area contributed by atoms with Crippen molar-refractivity contribution in [1.82, 2.24) is 4.90 Å². The Balaban J connectivity index is 1.12. The zero-order valence-corrected chi connectivity index (χ0v) is 19.2. The second-order valence-corrected chi connectivity index (χ2v) is 10.7. The van der Waals surface area contributed by atoms with Crippen molar-refractivity contribution in [2.75, 3.05) is 19.8 Å². The zero-order valence-electron chi connectivity index (χ0n) is 19.2. The Morgan fingerprint density at radius 3 is 2.09 bits per heavy atom. The van der Waals surface area contributed by atoms with Crippen LogP contribution in [0.5, 0.6) is 0 Å². The predicted molar refractivity (Wildman–Crippen MR) is 125 cm³/mol. The highest BCUT2D eigenvalue weighted by Gasteiger charge is 2.47. The van der Waals surface area contributed by atoms with Crippen LogP contribution < -0.4 is 0 Å². The van der Waals surface area contributed by atoms with Crippen LogP contribution in [0.25, 0.3) is 11.1 Å². The van der Waals surface area contributed by atoms with E-state index in [-0.39, 0.29) is 35.4 Å². The first-order valence-corrected chi connectivity index (χ1v) is 12.3. The number of hydrogen-bond donors (Lipinski definition) is 0. The average molecular weight is 446 g/mol. The van der Waals surface area contributed by atoms with Crippen LogP contribution in [-0.2, 0) is 14.3 Å². The fourth-order valence-electron chi connectivity index (χ4n) is 6.52. The van der Waals surface area contributed by atoms with Gasteiger partial charge in [0.05, 0.1) is 13.2 Å². The smallest absolute Gasteiger partial charge is 0.410 e. The molecule has 0 saturated carbocycles. The molecule has 0 radical (unpaired) electrons. The first kappa shape index (κ1) is 20.9. The largest absolute Gasteiger partial charge is 0.448 e. The molecule has 5 heteroatoms. The van der Waals surface area contributed by atoms with Gasteiger partial charge in [0.1, 0.15) is 12.4 Å². The van der Waals surface area contributed by atoms with Crippen LogP contribution in [0, 0.1) is 11.3 Å². The monoisotopic (exact) mass is 445 g/mol. The highest BCUT2D eigenvalue weighted by Crippen LogP contribution is 2.45.